The van der Waals surface area contributed by atoms with Gasteiger partial charge in [0, 0.05) is 81.4 Å². The summed E-state index contributed by atoms with van der Waals surface area (Å²) in [6.07, 6.45) is -0.441. The minimum Gasteiger partial charge on any atom is -0.468 e. The van der Waals surface area contributed by atoms with Crippen molar-refractivity contribution in [3.05, 3.63) is 68.8 Å². The number of hydrogen-bond acceptors (Lipinski definition) is 10. The van der Waals surface area contributed by atoms with Gasteiger partial charge >= 0.3 is 5.97 Å². The number of rotatable bonds is 12. The number of ketones is 2. The molecule has 6 rings (SSSR count). The van der Waals surface area contributed by atoms with E-state index in [1.54, 1.807) is 6.92 Å². The van der Waals surface area contributed by atoms with Crippen molar-refractivity contribution in [2.75, 3.05) is 13.7 Å². The number of amides is 2. The number of fused-ring (bicyclic) bond motifs is 8. The molecule has 0 aromatic carbocycles. The van der Waals surface area contributed by atoms with Crippen LogP contribution in [0.3, 0.4) is 0 Å². The summed E-state index contributed by atoms with van der Waals surface area (Å²) in [6.45, 7) is 13.7. The van der Waals surface area contributed by atoms with E-state index in [1.807, 2.05) is 39.0 Å². The van der Waals surface area contributed by atoms with Crippen LogP contribution in [-0.4, -0.2) is 75.6 Å². The van der Waals surface area contributed by atoms with Crippen LogP contribution < -0.4 is 10.6 Å². The molecule has 14 nitrogen and oxygen atoms in total. The minimum absolute atomic E-state index is 0.0556. The van der Waals surface area contributed by atoms with Crippen LogP contribution in [0.2, 0.25) is 0 Å². The van der Waals surface area contributed by atoms with Crippen molar-refractivity contribution in [3.63, 3.8) is 0 Å². The van der Waals surface area contributed by atoms with Crippen LogP contribution in [0.25, 0.3) is 22.1 Å². The summed E-state index contributed by atoms with van der Waals surface area (Å²) < 4.78 is 10.2. The normalized spacial score (nSPS) is 20.5. The Morgan fingerprint density at radius 2 is 1.56 bits per heavy atom. The van der Waals surface area contributed by atoms with E-state index in [4.69, 9.17) is 19.4 Å². The second-order valence-corrected chi connectivity index (χ2v) is 14.7. The monoisotopic (exact) mass is 752 g/mol. The summed E-state index contributed by atoms with van der Waals surface area (Å²) in [4.78, 5) is 94.8. The smallest absolute Gasteiger partial charge is 0.321 e. The van der Waals surface area contributed by atoms with Crippen molar-refractivity contribution in [2.45, 2.75) is 110 Å². The van der Waals surface area contributed by atoms with Crippen LogP contribution in [-0.2, 0) is 28.7 Å². The fourth-order valence-corrected chi connectivity index (χ4v) is 8.51. The zero-order chi connectivity index (χ0) is 39.9. The third kappa shape index (κ3) is 7.05. The van der Waals surface area contributed by atoms with Gasteiger partial charge in [-0.3, -0.25) is 38.7 Å². The molecule has 6 atom stereocenters. The molecule has 8 bridgehead atoms. The van der Waals surface area contributed by atoms with E-state index < -0.39 is 41.6 Å². The highest BCUT2D eigenvalue weighted by Gasteiger charge is 2.45. The summed E-state index contributed by atoms with van der Waals surface area (Å²) >= 11 is 0. The second-order valence-electron chi connectivity index (χ2n) is 14.7. The Bertz CT molecular complexity index is 2270. The molecule has 2 aliphatic heterocycles. The number of Topliss-reactive ketones (excluding diaryl/α,β-unsaturated/α-hetero) is 2. The molecule has 2 amide bonds. The Morgan fingerprint density at radius 1 is 0.909 bits per heavy atom. The molecule has 55 heavy (non-hydrogen) atoms. The highest BCUT2D eigenvalue weighted by Crippen LogP contribution is 2.48. The first-order valence-electron chi connectivity index (χ1n) is 18.8. The van der Waals surface area contributed by atoms with Crippen molar-refractivity contribution in [1.82, 2.24) is 30.6 Å². The molecule has 1 unspecified atom stereocenters. The Hall–Kier alpha value is -5.66. The maximum Gasteiger partial charge on any atom is 0.321 e. The number of aromatic amines is 2. The van der Waals surface area contributed by atoms with E-state index in [0.29, 0.717) is 62.3 Å². The first kappa shape index (κ1) is 39.0. The zero-order valence-corrected chi connectivity index (χ0v) is 32.5. The molecule has 0 radical (unpaired) electrons. The first-order chi connectivity index (χ1) is 26.2. The molecule has 0 spiro atoms. The fraction of sp³-hybridized carbons (Fsp3) is 0.463. The standard InChI is InChI=1S/C41H48N6O8/c1-9-23-18(3)25-15-30-34(22(7)49)20(5)27(44-30)13-26-19(4)24(11-12-31(50)47-33(55-17-48)16-32(51)42-10-2)38(45-26)36-37(41(53)54-8)40(52)35-21(6)28(46-39(35)36)14-29(23)43-25/h13-15,17-19,23-24,33,37,44,46H,9-12,16H2,1-8H3,(H,42,51)(H,47,50)/t18-,19+,23-,24+,33+,37?/m1/s1. The lowest BCUT2D eigenvalue weighted by molar-refractivity contribution is -0.142. The van der Waals surface area contributed by atoms with Gasteiger partial charge in [-0.25, -0.2) is 0 Å². The number of carbonyl (C=O) groups excluding carboxylic acids is 6. The maximum atomic E-state index is 14.3. The number of nitrogens with zero attached hydrogens (tertiary/aromatic N) is 2. The highest BCUT2D eigenvalue weighted by atomic mass is 16.5. The molecule has 1 aliphatic carbocycles. The minimum atomic E-state index is -1.29. The second kappa shape index (κ2) is 15.6. The molecule has 3 aromatic heterocycles. The van der Waals surface area contributed by atoms with E-state index in [2.05, 4.69) is 34.4 Å². The van der Waals surface area contributed by atoms with Gasteiger partial charge in [0.25, 0.3) is 6.47 Å². The van der Waals surface area contributed by atoms with Gasteiger partial charge in [0.05, 0.1) is 30.3 Å². The van der Waals surface area contributed by atoms with Crippen LogP contribution in [0.15, 0.2) is 18.2 Å². The summed E-state index contributed by atoms with van der Waals surface area (Å²) in [6, 6.07) is 5.80. The lowest BCUT2D eigenvalue weighted by atomic mass is 9.84. The van der Waals surface area contributed by atoms with Crippen LogP contribution in [0.1, 0.15) is 150 Å². The number of ether oxygens (including phenoxy) is 2. The fourth-order valence-electron chi connectivity index (χ4n) is 8.51. The van der Waals surface area contributed by atoms with Crippen LogP contribution >= 0.6 is 0 Å². The van der Waals surface area contributed by atoms with Crippen molar-refractivity contribution < 1.29 is 38.2 Å². The first-order valence-corrected chi connectivity index (χ1v) is 18.8. The number of hydrogen-bond donors (Lipinski definition) is 4. The summed E-state index contributed by atoms with van der Waals surface area (Å²) in [5, 5.41) is 5.24. The maximum absolute atomic E-state index is 14.3. The number of carbonyl (C=O) groups is 6. The molecular formula is C41H48N6O8. The summed E-state index contributed by atoms with van der Waals surface area (Å²) in [5.41, 5.74) is 7.99. The van der Waals surface area contributed by atoms with Gasteiger partial charge in [-0.1, -0.05) is 20.8 Å². The van der Waals surface area contributed by atoms with Crippen molar-refractivity contribution in [1.29, 1.82) is 0 Å². The van der Waals surface area contributed by atoms with E-state index in [1.165, 1.54) is 14.0 Å². The van der Waals surface area contributed by atoms with E-state index in [-0.39, 0.29) is 49.3 Å². The molecular weight excluding hydrogens is 704 g/mol. The Morgan fingerprint density at radius 3 is 2.22 bits per heavy atom. The quantitative estimate of drug-likeness (QED) is 0.0585. The van der Waals surface area contributed by atoms with Crippen LogP contribution in [0.5, 0.6) is 0 Å². The predicted octanol–water partition coefficient (Wildman–Crippen LogP) is 5.69. The van der Waals surface area contributed by atoms with Crippen LogP contribution in [0, 0.1) is 13.8 Å². The van der Waals surface area contributed by atoms with E-state index >= 15 is 0 Å². The summed E-state index contributed by atoms with van der Waals surface area (Å²) in [7, 11) is 1.24. The Kier molecular flexibility index (Phi) is 11.1. The third-order valence-electron chi connectivity index (χ3n) is 11.4. The predicted molar refractivity (Wildman–Crippen MR) is 204 cm³/mol. The van der Waals surface area contributed by atoms with Gasteiger partial charge in [-0.15, -0.1) is 0 Å². The Balaban J connectivity index is 1.59. The van der Waals surface area contributed by atoms with Gasteiger partial charge in [-0.05, 0) is 69.9 Å². The van der Waals surface area contributed by atoms with E-state index in [9.17, 15) is 28.8 Å². The Labute approximate surface area is 318 Å². The van der Waals surface area contributed by atoms with Crippen molar-refractivity contribution in [2.24, 2.45) is 0 Å². The van der Waals surface area contributed by atoms with Gasteiger partial charge in [0.2, 0.25) is 11.8 Å². The number of methoxy groups -OCH3 is 1. The molecule has 3 aromatic rings. The number of H-pyrrole nitrogens is 2. The lowest BCUT2D eigenvalue weighted by Gasteiger charge is -2.20. The topological polar surface area (TPSA) is 202 Å². The average molecular weight is 753 g/mol. The zero-order valence-electron chi connectivity index (χ0n) is 32.5. The van der Waals surface area contributed by atoms with Gasteiger partial charge < -0.3 is 30.1 Å². The number of aromatic nitrogens is 4. The average Bonchev–Trinajstić information content (AvgIpc) is 3.88. The third-order valence-corrected chi connectivity index (χ3v) is 11.4. The molecule has 0 saturated carbocycles. The van der Waals surface area contributed by atoms with Crippen LogP contribution in [0.4, 0.5) is 0 Å². The number of esters is 1. The van der Waals surface area contributed by atoms with Gasteiger partial charge in [-0.2, -0.15) is 0 Å². The molecule has 290 valence electrons. The molecule has 4 N–H and O–H groups in total. The van der Waals surface area contributed by atoms with Gasteiger partial charge in [0.1, 0.15) is 5.92 Å². The molecule has 3 aliphatic rings. The highest BCUT2D eigenvalue weighted by molar-refractivity contribution is 6.23. The SMILES string of the molecule is CCNC(=O)C[C@@H](NC(=O)CC[C@@H]1c2nc(cc3[nH]c(cc4nc(cc5[nH]c6c(c5C)C(=O)C(C(=O)OC)c26)[C@H](CC)[C@H]4C)c(C(C)=O)c3C)[C@H]1C)OC=O. The molecule has 5 heterocycles. The van der Waals surface area contributed by atoms with Crippen molar-refractivity contribution >= 4 is 57.9 Å². The summed E-state index contributed by atoms with van der Waals surface area (Å²) in [5.74, 6) is -4.03. The molecule has 14 heteroatoms. The number of nitrogens with one attached hydrogen (secondary N) is 4. The lowest BCUT2D eigenvalue weighted by Crippen LogP contribution is -2.40. The molecule has 0 saturated heterocycles. The number of aryl methyl sites for hydroxylation is 2. The van der Waals surface area contributed by atoms with Crippen molar-refractivity contribution in [3.8, 4) is 0 Å². The molecule has 0 fully saturated rings. The van der Waals surface area contributed by atoms with Gasteiger partial charge in [0.15, 0.2) is 17.8 Å². The van der Waals surface area contributed by atoms with E-state index in [0.717, 1.165) is 23.4 Å². The largest absolute Gasteiger partial charge is 0.468 e.